The van der Waals surface area contributed by atoms with Gasteiger partial charge in [-0.25, -0.2) is 4.39 Å². The van der Waals surface area contributed by atoms with Crippen LogP contribution >= 0.6 is 0 Å². The summed E-state index contributed by atoms with van der Waals surface area (Å²) in [5.74, 6) is -0.490. The van der Waals surface area contributed by atoms with Crippen molar-refractivity contribution in [3.63, 3.8) is 0 Å². The minimum atomic E-state index is -4.08. The third kappa shape index (κ3) is 5.06. The largest absolute Gasteiger partial charge is 0.391 e. The fourth-order valence-electron chi connectivity index (χ4n) is 5.70. The molecule has 4 rings (SSSR count). The van der Waals surface area contributed by atoms with Crippen molar-refractivity contribution in [2.45, 2.75) is 75.7 Å². The van der Waals surface area contributed by atoms with Crippen LogP contribution in [0.5, 0.6) is 0 Å². The van der Waals surface area contributed by atoms with Crippen LogP contribution in [0.1, 0.15) is 44.9 Å². The first-order chi connectivity index (χ1) is 13.9. The van der Waals surface area contributed by atoms with Gasteiger partial charge in [-0.05, 0) is 56.8 Å². The third-order valence-corrected chi connectivity index (χ3v) is 7.38. The van der Waals surface area contributed by atoms with E-state index in [2.05, 4.69) is 20.9 Å². The summed E-state index contributed by atoms with van der Waals surface area (Å²) in [5.41, 5.74) is 0. The second kappa shape index (κ2) is 9.34. The predicted octanol–water partition coefficient (Wildman–Crippen LogP) is 2.59. The Hall–Kier alpha value is -0.480. The molecule has 29 heavy (non-hydrogen) atoms. The molecule has 3 aliphatic heterocycles. The van der Waals surface area contributed by atoms with Crippen LogP contribution in [0.4, 0.5) is 17.6 Å². The van der Waals surface area contributed by atoms with Gasteiger partial charge < -0.3 is 4.74 Å². The van der Waals surface area contributed by atoms with Gasteiger partial charge in [0.1, 0.15) is 0 Å². The molecule has 0 aromatic rings. The highest BCUT2D eigenvalue weighted by atomic mass is 19.4. The molecule has 0 aromatic carbocycles. The molecule has 1 aliphatic carbocycles. The van der Waals surface area contributed by atoms with Crippen LogP contribution in [0.3, 0.4) is 0 Å². The zero-order valence-electron chi connectivity index (χ0n) is 16.9. The van der Waals surface area contributed by atoms with Gasteiger partial charge in [-0.1, -0.05) is 0 Å². The van der Waals surface area contributed by atoms with E-state index in [0.717, 1.165) is 45.6 Å². The van der Waals surface area contributed by atoms with Crippen LogP contribution < -0.4 is 16.0 Å². The number of likely N-dealkylation sites (tertiary alicyclic amines) is 1. The Morgan fingerprint density at radius 2 is 1.83 bits per heavy atom. The van der Waals surface area contributed by atoms with Crippen LogP contribution in [0.2, 0.25) is 0 Å². The molecule has 0 spiro atoms. The summed E-state index contributed by atoms with van der Waals surface area (Å²) in [5, 5.41) is 9.77. The second-order valence-electron chi connectivity index (χ2n) is 9.19. The van der Waals surface area contributed by atoms with Crippen molar-refractivity contribution >= 4 is 0 Å². The zero-order chi connectivity index (χ0) is 20.4. The van der Waals surface area contributed by atoms with Gasteiger partial charge in [0.15, 0.2) is 6.17 Å². The van der Waals surface area contributed by atoms with E-state index in [1.165, 1.54) is 0 Å². The minimum Gasteiger partial charge on any atom is -0.381 e. The van der Waals surface area contributed by atoms with Crippen molar-refractivity contribution in [1.82, 2.24) is 20.9 Å². The first-order valence-corrected chi connectivity index (χ1v) is 11.2. The molecule has 4 unspecified atom stereocenters. The lowest BCUT2D eigenvalue weighted by molar-refractivity contribution is -0.185. The first kappa shape index (κ1) is 21.7. The lowest BCUT2D eigenvalue weighted by Gasteiger charge is -2.45. The van der Waals surface area contributed by atoms with Gasteiger partial charge in [-0.3, -0.25) is 20.9 Å². The monoisotopic (exact) mass is 422 g/mol. The molecule has 1 saturated carbocycles. The van der Waals surface area contributed by atoms with Crippen molar-refractivity contribution in [2.24, 2.45) is 17.8 Å². The molecule has 3 N–H and O–H groups in total. The smallest absolute Gasteiger partial charge is 0.381 e. The quantitative estimate of drug-likeness (QED) is 0.595. The number of ether oxygens (including phenoxy) is 1. The highest BCUT2D eigenvalue weighted by Crippen LogP contribution is 2.43. The molecule has 0 amide bonds. The van der Waals surface area contributed by atoms with E-state index >= 15 is 4.39 Å². The molecular formula is C20H34F4N4O. The van der Waals surface area contributed by atoms with Gasteiger partial charge in [0.25, 0.3) is 0 Å². The summed E-state index contributed by atoms with van der Waals surface area (Å²) < 4.78 is 59.8. The standard InChI is InChI=1S/C20H34F4N4O/c21-17-18(25-10-13-7-9-29-11-13)26-12-27-19(17)28-8-1-2-16(28)14-3-5-15(6-4-14)20(22,23)24/h13-19,25-27H,1-12H2/t13?,14?,15?,16-,17?,18?,19?/m1/s1. The number of halogens is 4. The number of hydrogen-bond donors (Lipinski definition) is 3. The first-order valence-electron chi connectivity index (χ1n) is 11.2. The van der Waals surface area contributed by atoms with E-state index in [1.54, 1.807) is 0 Å². The fourth-order valence-corrected chi connectivity index (χ4v) is 5.70. The Morgan fingerprint density at radius 1 is 1.03 bits per heavy atom. The number of rotatable bonds is 5. The number of nitrogens with zero attached hydrogens (tertiary/aromatic N) is 1. The highest BCUT2D eigenvalue weighted by Gasteiger charge is 2.46. The van der Waals surface area contributed by atoms with Gasteiger partial charge >= 0.3 is 6.18 Å². The van der Waals surface area contributed by atoms with Gasteiger partial charge in [0, 0.05) is 32.4 Å². The van der Waals surface area contributed by atoms with Crippen molar-refractivity contribution in [3.8, 4) is 0 Å². The van der Waals surface area contributed by atoms with E-state index in [4.69, 9.17) is 4.74 Å². The molecule has 5 atom stereocenters. The lowest BCUT2D eigenvalue weighted by Crippen LogP contribution is -2.69. The van der Waals surface area contributed by atoms with Crippen LogP contribution in [0.15, 0.2) is 0 Å². The van der Waals surface area contributed by atoms with Crippen LogP contribution in [0.25, 0.3) is 0 Å². The predicted molar refractivity (Wildman–Crippen MR) is 102 cm³/mol. The minimum absolute atomic E-state index is 0.182. The Bertz CT molecular complexity index is 523. The summed E-state index contributed by atoms with van der Waals surface area (Å²) in [4.78, 5) is 2.21. The van der Waals surface area contributed by atoms with Gasteiger partial charge in [-0.2, -0.15) is 13.2 Å². The summed E-state index contributed by atoms with van der Waals surface area (Å²) in [6, 6.07) is 0.182. The van der Waals surface area contributed by atoms with Gasteiger partial charge in [-0.15, -0.1) is 0 Å². The fraction of sp³-hybridized carbons (Fsp3) is 1.00. The van der Waals surface area contributed by atoms with Crippen molar-refractivity contribution < 1.29 is 22.3 Å². The van der Waals surface area contributed by atoms with Crippen molar-refractivity contribution in [1.29, 1.82) is 0 Å². The van der Waals surface area contributed by atoms with Crippen molar-refractivity contribution in [2.75, 3.05) is 33.0 Å². The summed E-state index contributed by atoms with van der Waals surface area (Å²) in [6.07, 6.45) is -1.43. The second-order valence-corrected chi connectivity index (χ2v) is 9.19. The molecule has 9 heteroatoms. The Balaban J connectivity index is 1.32. The third-order valence-electron chi connectivity index (χ3n) is 7.38. The Morgan fingerprint density at radius 3 is 2.52 bits per heavy atom. The topological polar surface area (TPSA) is 48.6 Å². The molecule has 5 nitrogen and oxygen atoms in total. The zero-order valence-corrected chi connectivity index (χ0v) is 16.9. The molecule has 168 valence electrons. The molecule has 0 radical (unpaired) electrons. The number of nitrogens with one attached hydrogen (secondary N) is 3. The average molecular weight is 423 g/mol. The molecule has 3 saturated heterocycles. The Kier molecular flexibility index (Phi) is 7.00. The van der Waals surface area contributed by atoms with E-state index in [-0.39, 0.29) is 31.0 Å². The normalized spacial score (nSPS) is 42.4. The summed E-state index contributed by atoms with van der Waals surface area (Å²) in [7, 11) is 0. The molecule has 4 fully saturated rings. The molecule has 4 aliphatic rings. The Labute approximate surface area is 170 Å². The maximum absolute atomic E-state index is 15.4. The van der Waals surface area contributed by atoms with E-state index in [0.29, 0.717) is 25.4 Å². The SMILES string of the molecule is FC1C(NCC2CCOC2)NCNC1N1CCC[C@@H]1C1CCC(C(F)(F)F)CC1. The molecule has 3 heterocycles. The van der Waals surface area contributed by atoms with E-state index in [9.17, 15) is 13.2 Å². The number of alkyl halides is 4. The molecule has 0 aromatic heterocycles. The maximum Gasteiger partial charge on any atom is 0.391 e. The van der Waals surface area contributed by atoms with Gasteiger partial charge in [0.2, 0.25) is 0 Å². The van der Waals surface area contributed by atoms with Gasteiger partial charge in [0.05, 0.1) is 24.9 Å². The lowest BCUT2D eigenvalue weighted by atomic mass is 9.77. The van der Waals surface area contributed by atoms with Crippen molar-refractivity contribution in [3.05, 3.63) is 0 Å². The average Bonchev–Trinajstić information content (AvgIpc) is 3.39. The van der Waals surface area contributed by atoms with E-state index in [1.807, 2.05) is 0 Å². The summed E-state index contributed by atoms with van der Waals surface area (Å²) in [6.45, 7) is 3.57. The van der Waals surface area contributed by atoms with Crippen LogP contribution in [-0.4, -0.2) is 68.6 Å². The number of hydrogen-bond acceptors (Lipinski definition) is 5. The highest BCUT2D eigenvalue weighted by molar-refractivity contribution is 4.97. The van der Waals surface area contributed by atoms with Crippen LogP contribution in [0, 0.1) is 17.8 Å². The van der Waals surface area contributed by atoms with E-state index < -0.39 is 24.4 Å². The maximum atomic E-state index is 15.4. The molecular weight excluding hydrogens is 388 g/mol. The van der Waals surface area contributed by atoms with Crippen LogP contribution in [-0.2, 0) is 4.74 Å². The summed E-state index contributed by atoms with van der Waals surface area (Å²) >= 11 is 0. The molecule has 0 bridgehead atoms.